The van der Waals surface area contributed by atoms with E-state index < -0.39 is 0 Å². The first-order valence-corrected chi connectivity index (χ1v) is 12.9. The molecule has 0 fully saturated rings. The van der Waals surface area contributed by atoms with Crippen molar-refractivity contribution in [2.24, 2.45) is 0 Å². The number of fused-ring (bicyclic) bond motifs is 3. The van der Waals surface area contributed by atoms with Gasteiger partial charge < -0.3 is 24.5 Å². The van der Waals surface area contributed by atoms with Crippen molar-refractivity contribution < 1.29 is 14.2 Å². The maximum atomic E-state index is 8.15. The van der Waals surface area contributed by atoms with Gasteiger partial charge in [0.1, 0.15) is 17.3 Å². The van der Waals surface area contributed by atoms with E-state index in [-0.39, 0.29) is 6.79 Å². The molecule has 9 heteroatoms. The summed E-state index contributed by atoms with van der Waals surface area (Å²) in [5.74, 6) is 3.27. The quantitative estimate of drug-likeness (QED) is 0.302. The number of rotatable bonds is 8. The number of aromatic nitrogens is 3. The van der Waals surface area contributed by atoms with E-state index in [1.54, 1.807) is 13.2 Å². The number of ether oxygens (including phenoxy) is 3. The van der Waals surface area contributed by atoms with Crippen LogP contribution in [0.25, 0.3) is 16.8 Å². The number of anilines is 1. The minimum absolute atomic E-state index is 0.256. The summed E-state index contributed by atoms with van der Waals surface area (Å²) in [6.07, 6.45) is 5.18. The van der Waals surface area contributed by atoms with Gasteiger partial charge in [-0.2, -0.15) is 9.61 Å². The van der Waals surface area contributed by atoms with Gasteiger partial charge in [0.25, 0.3) is 0 Å². The number of nitrogens with one attached hydrogen (secondary N) is 1. The zero-order chi connectivity index (χ0) is 25.5. The maximum Gasteiger partial charge on any atom is 0.231 e. The van der Waals surface area contributed by atoms with E-state index in [2.05, 4.69) is 24.0 Å². The first-order chi connectivity index (χ1) is 18.1. The van der Waals surface area contributed by atoms with Gasteiger partial charge in [0.15, 0.2) is 17.1 Å². The highest BCUT2D eigenvalue weighted by atomic mass is 35.5. The summed E-state index contributed by atoms with van der Waals surface area (Å²) in [7, 11) is 1.61. The predicted octanol–water partition coefficient (Wildman–Crippen LogP) is 5.69. The Morgan fingerprint density at radius 3 is 2.81 bits per heavy atom. The van der Waals surface area contributed by atoms with Crippen molar-refractivity contribution in [2.75, 3.05) is 25.3 Å². The molecule has 4 aromatic rings. The van der Waals surface area contributed by atoms with Crippen LogP contribution in [0.5, 0.6) is 17.2 Å². The van der Waals surface area contributed by atoms with E-state index in [4.69, 9.17) is 41.3 Å². The van der Waals surface area contributed by atoms with Crippen LogP contribution in [0.15, 0.2) is 36.4 Å². The lowest BCUT2D eigenvalue weighted by Crippen LogP contribution is -2.27. The Bertz CT molecular complexity index is 1520. The fourth-order valence-electron chi connectivity index (χ4n) is 5.32. The minimum atomic E-state index is 0.256. The van der Waals surface area contributed by atoms with Crippen LogP contribution < -0.4 is 19.1 Å². The van der Waals surface area contributed by atoms with Gasteiger partial charge in [-0.3, -0.25) is 0 Å². The summed E-state index contributed by atoms with van der Waals surface area (Å²) in [6.45, 7) is 3.97. The predicted molar refractivity (Wildman–Crippen MR) is 144 cm³/mol. The standard InChI is InChI=1S/C28H28ClN5O3/c1-3-11-33(15-17-7-10-24-25(12-17)37-16-36-24)28-20-5-4-6-22(20)31-27-26(23(14-30)32-34(27)28)19-9-8-18(35-2)13-21(19)29/h7-10,12-14,30H,3-6,11,15-16H2,1-2H3. The summed E-state index contributed by atoms with van der Waals surface area (Å²) in [5, 5.41) is 13.6. The van der Waals surface area contributed by atoms with Crippen LogP contribution in [-0.4, -0.2) is 41.3 Å². The minimum Gasteiger partial charge on any atom is -0.497 e. The molecule has 1 aliphatic carbocycles. The molecule has 0 saturated carbocycles. The van der Waals surface area contributed by atoms with Gasteiger partial charge in [-0.1, -0.05) is 24.6 Å². The van der Waals surface area contributed by atoms with Crippen LogP contribution in [0.4, 0.5) is 5.82 Å². The highest BCUT2D eigenvalue weighted by molar-refractivity contribution is 6.34. The topological polar surface area (TPSA) is 85.0 Å². The molecule has 0 radical (unpaired) electrons. The molecule has 1 N–H and O–H groups in total. The molecule has 0 unspecified atom stereocenters. The average Bonchev–Trinajstić information content (AvgIpc) is 3.65. The number of hydrogen-bond donors (Lipinski definition) is 1. The Morgan fingerprint density at radius 2 is 2.03 bits per heavy atom. The molecule has 6 rings (SSSR count). The number of halogens is 1. The summed E-state index contributed by atoms with van der Waals surface area (Å²) >= 11 is 6.70. The van der Waals surface area contributed by atoms with E-state index in [0.29, 0.717) is 28.7 Å². The third-order valence-corrected chi connectivity index (χ3v) is 7.29. The first-order valence-electron chi connectivity index (χ1n) is 12.5. The molecule has 2 aromatic heterocycles. The van der Waals surface area contributed by atoms with E-state index in [1.165, 1.54) is 11.8 Å². The van der Waals surface area contributed by atoms with Gasteiger partial charge in [0.05, 0.1) is 17.7 Å². The highest BCUT2D eigenvalue weighted by Crippen LogP contribution is 2.40. The smallest absolute Gasteiger partial charge is 0.231 e. The van der Waals surface area contributed by atoms with Gasteiger partial charge >= 0.3 is 0 Å². The molecular formula is C28H28ClN5O3. The van der Waals surface area contributed by atoms with Crippen LogP contribution in [0, 0.1) is 5.41 Å². The number of methoxy groups -OCH3 is 1. The second-order valence-electron chi connectivity index (χ2n) is 9.31. The molecule has 0 amide bonds. The van der Waals surface area contributed by atoms with Crippen LogP contribution >= 0.6 is 11.6 Å². The Hall–Kier alpha value is -3.78. The lowest BCUT2D eigenvalue weighted by molar-refractivity contribution is 0.174. The molecule has 1 aliphatic heterocycles. The third kappa shape index (κ3) is 4.05. The van der Waals surface area contributed by atoms with Crippen LogP contribution in [0.1, 0.15) is 42.3 Å². The molecule has 0 atom stereocenters. The summed E-state index contributed by atoms with van der Waals surface area (Å²) in [4.78, 5) is 7.46. The van der Waals surface area contributed by atoms with E-state index in [9.17, 15) is 0 Å². The van der Waals surface area contributed by atoms with Crippen LogP contribution in [0.3, 0.4) is 0 Å². The largest absolute Gasteiger partial charge is 0.497 e. The zero-order valence-corrected chi connectivity index (χ0v) is 21.6. The fourth-order valence-corrected chi connectivity index (χ4v) is 5.59. The highest BCUT2D eigenvalue weighted by Gasteiger charge is 2.28. The first kappa shape index (κ1) is 23.6. The van der Waals surface area contributed by atoms with Crippen molar-refractivity contribution in [3.05, 3.63) is 63.9 Å². The van der Waals surface area contributed by atoms with Gasteiger partial charge in [-0.25, -0.2) is 4.98 Å². The van der Waals surface area contributed by atoms with Crippen molar-refractivity contribution in [1.82, 2.24) is 14.6 Å². The van der Waals surface area contributed by atoms with Gasteiger partial charge in [-0.05, 0) is 61.6 Å². The maximum absolute atomic E-state index is 8.15. The summed E-state index contributed by atoms with van der Waals surface area (Å²) < 4.78 is 18.4. The Morgan fingerprint density at radius 1 is 1.16 bits per heavy atom. The van der Waals surface area contributed by atoms with E-state index >= 15 is 0 Å². The molecule has 190 valence electrons. The van der Waals surface area contributed by atoms with Crippen molar-refractivity contribution >= 4 is 29.3 Å². The molecule has 2 aromatic carbocycles. The number of nitrogens with zero attached hydrogens (tertiary/aromatic N) is 4. The van der Waals surface area contributed by atoms with Crippen LogP contribution in [0.2, 0.25) is 5.02 Å². The number of hydrogen-bond acceptors (Lipinski definition) is 7. The van der Waals surface area contributed by atoms with Crippen molar-refractivity contribution in [3.8, 4) is 28.4 Å². The average molecular weight is 518 g/mol. The summed E-state index contributed by atoms with van der Waals surface area (Å²) in [6, 6.07) is 11.7. The van der Waals surface area contributed by atoms with E-state index in [1.807, 2.05) is 22.7 Å². The van der Waals surface area contributed by atoms with E-state index in [0.717, 1.165) is 71.9 Å². The molecule has 3 heterocycles. The Balaban J connectivity index is 1.53. The third-order valence-electron chi connectivity index (χ3n) is 6.97. The van der Waals surface area contributed by atoms with Gasteiger partial charge in [0, 0.05) is 36.1 Å². The van der Waals surface area contributed by atoms with Crippen molar-refractivity contribution in [1.29, 1.82) is 5.41 Å². The summed E-state index contributed by atoms with van der Waals surface area (Å²) in [5.41, 5.74) is 6.25. The monoisotopic (exact) mass is 517 g/mol. The molecule has 2 aliphatic rings. The zero-order valence-electron chi connectivity index (χ0n) is 20.9. The fraction of sp³-hybridized carbons (Fsp3) is 0.321. The van der Waals surface area contributed by atoms with Crippen LogP contribution in [-0.2, 0) is 19.4 Å². The molecule has 0 saturated heterocycles. The number of aryl methyl sites for hydroxylation is 1. The lowest BCUT2D eigenvalue weighted by Gasteiger charge is -2.27. The lowest BCUT2D eigenvalue weighted by atomic mass is 10.1. The second-order valence-corrected chi connectivity index (χ2v) is 9.72. The Labute approximate surface area is 220 Å². The molecule has 37 heavy (non-hydrogen) atoms. The molecule has 0 spiro atoms. The SMILES string of the molecule is CCCN(Cc1ccc2c(c1)OCO2)c1c2c(nc3c(-c4ccc(OC)cc4Cl)c(C=N)nn13)CCC2. The second kappa shape index (κ2) is 9.59. The Kier molecular flexibility index (Phi) is 6.12. The molecular weight excluding hydrogens is 490 g/mol. The number of benzene rings is 2. The molecule has 0 bridgehead atoms. The van der Waals surface area contributed by atoms with Gasteiger partial charge in [0.2, 0.25) is 6.79 Å². The normalized spacial score (nSPS) is 13.7. The van der Waals surface area contributed by atoms with Gasteiger partial charge in [-0.15, -0.1) is 0 Å². The molecule has 8 nitrogen and oxygen atoms in total. The van der Waals surface area contributed by atoms with Crippen molar-refractivity contribution in [2.45, 2.75) is 39.2 Å². The van der Waals surface area contributed by atoms with Crippen molar-refractivity contribution in [3.63, 3.8) is 0 Å².